The summed E-state index contributed by atoms with van der Waals surface area (Å²) in [6, 6.07) is 7.51. The largest absolute Gasteiger partial charge is 0.384 e. The molecule has 1 atom stereocenters. The summed E-state index contributed by atoms with van der Waals surface area (Å²) in [7, 11) is 0. The summed E-state index contributed by atoms with van der Waals surface area (Å²) in [5.74, 6) is 0. The van der Waals surface area contributed by atoms with Crippen LogP contribution >= 0.6 is 11.6 Å². The Hall–Kier alpha value is -1.32. The second-order valence-electron chi connectivity index (χ2n) is 4.30. The zero-order chi connectivity index (χ0) is 12.4. The molecule has 90 valence electrons. The third-order valence-electron chi connectivity index (χ3n) is 2.63. The van der Waals surface area contributed by atoms with E-state index in [2.05, 4.69) is 5.10 Å². The van der Waals surface area contributed by atoms with Crippen LogP contribution in [0.2, 0.25) is 5.02 Å². The van der Waals surface area contributed by atoms with E-state index in [0.29, 0.717) is 5.02 Å². The third-order valence-corrected chi connectivity index (χ3v) is 2.87. The van der Waals surface area contributed by atoms with Crippen molar-refractivity contribution in [3.63, 3.8) is 0 Å². The molecule has 0 spiro atoms. The molecule has 4 heteroatoms. The van der Waals surface area contributed by atoms with Crippen molar-refractivity contribution in [2.24, 2.45) is 0 Å². The summed E-state index contributed by atoms with van der Waals surface area (Å²) in [6.07, 6.45) is 2.86. The van der Waals surface area contributed by atoms with Crippen LogP contribution in [0.4, 0.5) is 0 Å². The van der Waals surface area contributed by atoms with Gasteiger partial charge in [0.1, 0.15) is 6.10 Å². The van der Waals surface area contributed by atoms with Gasteiger partial charge in [-0.2, -0.15) is 5.10 Å². The Balaban J connectivity index is 2.27. The van der Waals surface area contributed by atoms with Gasteiger partial charge >= 0.3 is 0 Å². The maximum atomic E-state index is 10.2. The number of aromatic nitrogens is 2. The van der Waals surface area contributed by atoms with Gasteiger partial charge in [0, 0.05) is 22.8 Å². The Morgan fingerprint density at radius 3 is 2.65 bits per heavy atom. The lowest BCUT2D eigenvalue weighted by Crippen LogP contribution is -2.01. The first-order valence-electron chi connectivity index (χ1n) is 5.55. The van der Waals surface area contributed by atoms with Gasteiger partial charge in [-0.3, -0.25) is 4.68 Å². The van der Waals surface area contributed by atoms with E-state index in [4.69, 9.17) is 11.6 Å². The van der Waals surface area contributed by atoms with Crippen LogP contribution in [0.3, 0.4) is 0 Å². The van der Waals surface area contributed by atoms with E-state index < -0.39 is 6.10 Å². The van der Waals surface area contributed by atoms with Crippen molar-refractivity contribution in [3.05, 3.63) is 52.8 Å². The zero-order valence-corrected chi connectivity index (χ0v) is 10.6. The first kappa shape index (κ1) is 12.1. The van der Waals surface area contributed by atoms with Gasteiger partial charge in [-0.1, -0.05) is 23.7 Å². The molecule has 2 aromatic rings. The van der Waals surface area contributed by atoms with Gasteiger partial charge in [-0.25, -0.2) is 0 Å². The lowest BCUT2D eigenvalue weighted by atomic mass is 10.1. The van der Waals surface area contributed by atoms with E-state index in [1.165, 1.54) is 0 Å². The van der Waals surface area contributed by atoms with Gasteiger partial charge in [0.25, 0.3) is 0 Å². The Labute approximate surface area is 106 Å². The lowest BCUT2D eigenvalue weighted by molar-refractivity contribution is 0.220. The highest BCUT2D eigenvalue weighted by atomic mass is 35.5. The van der Waals surface area contributed by atoms with Crippen molar-refractivity contribution in [3.8, 4) is 0 Å². The quantitative estimate of drug-likeness (QED) is 0.909. The highest BCUT2D eigenvalue weighted by Gasteiger charge is 2.13. The molecule has 0 fully saturated rings. The van der Waals surface area contributed by atoms with Crippen molar-refractivity contribution < 1.29 is 5.11 Å². The van der Waals surface area contributed by atoms with Crippen molar-refractivity contribution in [1.82, 2.24) is 9.78 Å². The molecule has 1 heterocycles. The highest BCUT2D eigenvalue weighted by molar-refractivity contribution is 6.30. The van der Waals surface area contributed by atoms with Crippen molar-refractivity contribution in [2.45, 2.75) is 26.0 Å². The summed E-state index contributed by atoms with van der Waals surface area (Å²) in [4.78, 5) is 0. The summed E-state index contributed by atoms with van der Waals surface area (Å²) in [5.41, 5.74) is 1.56. The first-order chi connectivity index (χ1) is 8.08. The third kappa shape index (κ3) is 2.68. The van der Waals surface area contributed by atoms with E-state index in [1.54, 1.807) is 18.3 Å². The molecule has 3 nitrogen and oxygen atoms in total. The Bertz CT molecular complexity index is 508. The molecule has 17 heavy (non-hydrogen) atoms. The first-order valence-corrected chi connectivity index (χ1v) is 5.93. The predicted molar refractivity (Wildman–Crippen MR) is 68.1 cm³/mol. The molecule has 1 unspecified atom stereocenters. The van der Waals surface area contributed by atoms with Crippen LogP contribution in [0, 0.1) is 0 Å². The molecular formula is C13H15ClN2O. The molecule has 0 saturated carbocycles. The molecular weight excluding hydrogens is 236 g/mol. The summed E-state index contributed by atoms with van der Waals surface area (Å²) < 4.78 is 1.82. The van der Waals surface area contributed by atoms with Crippen LogP contribution in [0.15, 0.2) is 36.7 Å². The monoisotopic (exact) mass is 250 g/mol. The van der Waals surface area contributed by atoms with Gasteiger partial charge < -0.3 is 5.11 Å². The summed E-state index contributed by atoms with van der Waals surface area (Å²) in [5, 5.41) is 15.0. The van der Waals surface area contributed by atoms with Crippen molar-refractivity contribution in [2.75, 3.05) is 0 Å². The molecule has 1 N–H and O–H groups in total. The molecule has 0 radical (unpaired) electrons. The second kappa shape index (κ2) is 4.90. The maximum absolute atomic E-state index is 10.2. The Kier molecular flexibility index (Phi) is 3.50. The number of hydrogen-bond acceptors (Lipinski definition) is 2. The SMILES string of the molecule is CC(C)n1cc(C(O)c2cccc(Cl)c2)cn1. The summed E-state index contributed by atoms with van der Waals surface area (Å²) in [6.45, 7) is 4.09. The molecule has 1 aromatic heterocycles. The Morgan fingerprint density at radius 2 is 2.06 bits per heavy atom. The van der Waals surface area contributed by atoms with Crippen LogP contribution in [-0.2, 0) is 0 Å². The summed E-state index contributed by atoms with van der Waals surface area (Å²) >= 11 is 5.90. The fourth-order valence-corrected chi connectivity index (χ4v) is 1.84. The number of aliphatic hydroxyl groups excluding tert-OH is 1. The molecule has 2 rings (SSSR count). The minimum Gasteiger partial charge on any atom is -0.384 e. The van der Waals surface area contributed by atoms with E-state index in [0.717, 1.165) is 11.1 Å². The second-order valence-corrected chi connectivity index (χ2v) is 4.74. The van der Waals surface area contributed by atoms with E-state index in [1.807, 2.05) is 36.9 Å². The molecule has 0 aliphatic rings. The highest BCUT2D eigenvalue weighted by Crippen LogP contribution is 2.24. The average Bonchev–Trinajstić information content (AvgIpc) is 2.77. The van der Waals surface area contributed by atoms with Crippen LogP contribution < -0.4 is 0 Å². The average molecular weight is 251 g/mol. The molecule has 1 aromatic carbocycles. The minimum absolute atomic E-state index is 0.287. The minimum atomic E-state index is -0.679. The molecule has 0 bridgehead atoms. The van der Waals surface area contributed by atoms with Gasteiger partial charge in [0.05, 0.1) is 6.20 Å². The standard InChI is InChI=1S/C13H15ClN2O/c1-9(2)16-8-11(7-15-16)13(17)10-4-3-5-12(14)6-10/h3-9,13,17H,1-2H3. The smallest absolute Gasteiger partial charge is 0.107 e. The predicted octanol–water partition coefficient (Wildman–Crippen LogP) is 3.20. The number of halogens is 1. The normalized spacial score (nSPS) is 13.0. The molecule has 0 amide bonds. The van der Waals surface area contributed by atoms with Gasteiger partial charge in [0.2, 0.25) is 0 Å². The molecule has 0 aliphatic carbocycles. The van der Waals surface area contributed by atoms with E-state index >= 15 is 0 Å². The van der Waals surface area contributed by atoms with Crippen LogP contribution in [0.5, 0.6) is 0 Å². The van der Waals surface area contributed by atoms with Crippen molar-refractivity contribution >= 4 is 11.6 Å². The number of hydrogen-bond donors (Lipinski definition) is 1. The van der Waals surface area contributed by atoms with Gasteiger partial charge in [-0.15, -0.1) is 0 Å². The van der Waals surface area contributed by atoms with E-state index in [9.17, 15) is 5.11 Å². The van der Waals surface area contributed by atoms with Crippen molar-refractivity contribution in [1.29, 1.82) is 0 Å². The topological polar surface area (TPSA) is 38.0 Å². The number of aliphatic hydroxyl groups is 1. The van der Waals surface area contributed by atoms with Gasteiger partial charge in [-0.05, 0) is 31.5 Å². The number of benzene rings is 1. The zero-order valence-electron chi connectivity index (χ0n) is 9.84. The van der Waals surface area contributed by atoms with Crippen LogP contribution in [0.25, 0.3) is 0 Å². The molecule has 0 aliphatic heterocycles. The maximum Gasteiger partial charge on any atom is 0.107 e. The fourth-order valence-electron chi connectivity index (χ4n) is 1.65. The lowest BCUT2D eigenvalue weighted by Gasteiger charge is -2.09. The number of nitrogens with zero attached hydrogens (tertiary/aromatic N) is 2. The Morgan fingerprint density at radius 1 is 1.29 bits per heavy atom. The van der Waals surface area contributed by atoms with E-state index in [-0.39, 0.29) is 6.04 Å². The van der Waals surface area contributed by atoms with Crippen LogP contribution in [0.1, 0.15) is 37.1 Å². The van der Waals surface area contributed by atoms with Gasteiger partial charge in [0.15, 0.2) is 0 Å². The molecule has 0 saturated heterocycles. The fraction of sp³-hybridized carbons (Fsp3) is 0.308. The van der Waals surface area contributed by atoms with Crippen LogP contribution in [-0.4, -0.2) is 14.9 Å². The number of rotatable bonds is 3.